The smallest absolute Gasteiger partial charge is 0.0558 e. The van der Waals surface area contributed by atoms with Gasteiger partial charge in [-0.2, -0.15) is 0 Å². The Kier molecular flexibility index (Phi) is 6.03. The number of aliphatic hydroxyl groups is 1. The number of aliphatic hydroxyl groups excluding tert-OH is 1. The summed E-state index contributed by atoms with van der Waals surface area (Å²) in [7, 11) is 0. The molecule has 0 spiro atoms. The molecular formula is C13H20BrNO. The molecule has 0 aromatic heterocycles. The molecule has 90 valence electrons. The SMILES string of the molecule is CCCN(CCO)Cc1ccc(C)cc1Br. The number of hydrogen-bond donors (Lipinski definition) is 1. The average molecular weight is 286 g/mol. The van der Waals surface area contributed by atoms with Crippen molar-refractivity contribution in [3.8, 4) is 0 Å². The minimum Gasteiger partial charge on any atom is -0.395 e. The van der Waals surface area contributed by atoms with Crippen LogP contribution in [0.15, 0.2) is 22.7 Å². The molecule has 1 N–H and O–H groups in total. The van der Waals surface area contributed by atoms with Crippen LogP contribution in [0, 0.1) is 6.92 Å². The summed E-state index contributed by atoms with van der Waals surface area (Å²) in [6.07, 6.45) is 1.11. The lowest BCUT2D eigenvalue weighted by atomic mass is 10.1. The molecule has 0 saturated carbocycles. The first-order valence-electron chi connectivity index (χ1n) is 5.75. The van der Waals surface area contributed by atoms with Crippen LogP contribution in [0.25, 0.3) is 0 Å². The summed E-state index contributed by atoms with van der Waals surface area (Å²) in [6, 6.07) is 6.42. The highest BCUT2D eigenvalue weighted by Gasteiger charge is 2.07. The van der Waals surface area contributed by atoms with E-state index in [1.807, 2.05) is 0 Å². The van der Waals surface area contributed by atoms with Gasteiger partial charge in [0.1, 0.15) is 0 Å². The maximum Gasteiger partial charge on any atom is 0.0558 e. The zero-order valence-electron chi connectivity index (χ0n) is 10.0. The fourth-order valence-electron chi connectivity index (χ4n) is 1.75. The van der Waals surface area contributed by atoms with E-state index in [1.165, 1.54) is 11.1 Å². The largest absolute Gasteiger partial charge is 0.395 e. The van der Waals surface area contributed by atoms with Gasteiger partial charge in [-0.25, -0.2) is 0 Å². The maximum absolute atomic E-state index is 9.00. The van der Waals surface area contributed by atoms with Gasteiger partial charge in [-0.05, 0) is 37.1 Å². The van der Waals surface area contributed by atoms with Gasteiger partial charge in [-0.1, -0.05) is 35.0 Å². The minimum atomic E-state index is 0.226. The highest BCUT2D eigenvalue weighted by molar-refractivity contribution is 9.10. The van der Waals surface area contributed by atoms with Crippen LogP contribution >= 0.6 is 15.9 Å². The van der Waals surface area contributed by atoms with Crippen molar-refractivity contribution in [3.05, 3.63) is 33.8 Å². The van der Waals surface area contributed by atoms with E-state index in [-0.39, 0.29) is 6.61 Å². The molecule has 2 nitrogen and oxygen atoms in total. The molecule has 0 unspecified atom stereocenters. The molecule has 1 rings (SSSR count). The third kappa shape index (κ3) is 4.24. The molecule has 0 bridgehead atoms. The van der Waals surface area contributed by atoms with E-state index in [1.54, 1.807) is 0 Å². The fraction of sp³-hybridized carbons (Fsp3) is 0.538. The third-order valence-corrected chi connectivity index (χ3v) is 3.30. The topological polar surface area (TPSA) is 23.5 Å². The van der Waals surface area contributed by atoms with Crippen LogP contribution in [-0.2, 0) is 6.54 Å². The van der Waals surface area contributed by atoms with Crippen LogP contribution in [0.2, 0.25) is 0 Å². The van der Waals surface area contributed by atoms with Crippen molar-refractivity contribution in [2.75, 3.05) is 19.7 Å². The molecule has 3 heteroatoms. The van der Waals surface area contributed by atoms with Crippen LogP contribution in [0.4, 0.5) is 0 Å². The highest BCUT2D eigenvalue weighted by atomic mass is 79.9. The lowest BCUT2D eigenvalue weighted by Crippen LogP contribution is -2.27. The first kappa shape index (κ1) is 13.7. The second-order valence-corrected chi connectivity index (χ2v) is 4.95. The number of benzene rings is 1. The Hall–Kier alpha value is -0.380. The van der Waals surface area contributed by atoms with Crippen molar-refractivity contribution >= 4 is 15.9 Å². The Labute approximate surface area is 106 Å². The van der Waals surface area contributed by atoms with Gasteiger partial charge in [-0.3, -0.25) is 4.90 Å². The molecule has 0 aliphatic carbocycles. The monoisotopic (exact) mass is 285 g/mol. The van der Waals surface area contributed by atoms with Crippen molar-refractivity contribution in [2.45, 2.75) is 26.8 Å². The van der Waals surface area contributed by atoms with Gasteiger partial charge in [0.05, 0.1) is 6.61 Å². The number of halogens is 1. The summed E-state index contributed by atoms with van der Waals surface area (Å²) >= 11 is 3.59. The normalized spacial score (nSPS) is 11.1. The van der Waals surface area contributed by atoms with E-state index in [0.29, 0.717) is 0 Å². The van der Waals surface area contributed by atoms with Crippen LogP contribution < -0.4 is 0 Å². The summed E-state index contributed by atoms with van der Waals surface area (Å²) < 4.78 is 1.16. The van der Waals surface area contributed by atoms with E-state index in [2.05, 4.69) is 52.9 Å². The van der Waals surface area contributed by atoms with E-state index in [9.17, 15) is 0 Å². The molecule has 0 aliphatic heterocycles. The first-order valence-corrected chi connectivity index (χ1v) is 6.55. The van der Waals surface area contributed by atoms with Crippen LogP contribution in [0.3, 0.4) is 0 Å². The zero-order chi connectivity index (χ0) is 12.0. The van der Waals surface area contributed by atoms with Gasteiger partial charge >= 0.3 is 0 Å². The number of rotatable bonds is 6. The lowest BCUT2D eigenvalue weighted by molar-refractivity contribution is 0.190. The molecule has 16 heavy (non-hydrogen) atoms. The van der Waals surface area contributed by atoms with Gasteiger partial charge in [0, 0.05) is 17.6 Å². The number of hydrogen-bond acceptors (Lipinski definition) is 2. The van der Waals surface area contributed by atoms with Crippen LogP contribution in [-0.4, -0.2) is 29.7 Å². The summed E-state index contributed by atoms with van der Waals surface area (Å²) in [4.78, 5) is 2.27. The van der Waals surface area contributed by atoms with Crippen molar-refractivity contribution in [2.24, 2.45) is 0 Å². The summed E-state index contributed by atoms with van der Waals surface area (Å²) in [5.41, 5.74) is 2.55. The first-order chi connectivity index (χ1) is 7.67. The Bertz CT molecular complexity index is 322. The van der Waals surface area contributed by atoms with Crippen molar-refractivity contribution in [1.29, 1.82) is 0 Å². The van der Waals surface area contributed by atoms with E-state index in [0.717, 1.165) is 30.5 Å². The quantitative estimate of drug-likeness (QED) is 0.869. The van der Waals surface area contributed by atoms with Crippen LogP contribution in [0.1, 0.15) is 24.5 Å². The predicted molar refractivity (Wildman–Crippen MR) is 71.5 cm³/mol. The number of nitrogens with zero attached hydrogens (tertiary/aromatic N) is 1. The Morgan fingerprint density at radius 2 is 2.06 bits per heavy atom. The summed E-state index contributed by atoms with van der Waals surface area (Å²) in [6.45, 7) is 7.15. The molecule has 0 saturated heterocycles. The second-order valence-electron chi connectivity index (χ2n) is 4.09. The Morgan fingerprint density at radius 1 is 1.31 bits per heavy atom. The second kappa shape index (κ2) is 7.05. The molecule has 0 heterocycles. The molecule has 1 aromatic carbocycles. The fourth-order valence-corrected chi connectivity index (χ4v) is 2.37. The minimum absolute atomic E-state index is 0.226. The molecule has 0 atom stereocenters. The number of aryl methyl sites for hydroxylation is 1. The third-order valence-electron chi connectivity index (χ3n) is 2.56. The van der Waals surface area contributed by atoms with Crippen molar-refractivity contribution < 1.29 is 5.11 Å². The van der Waals surface area contributed by atoms with Crippen molar-refractivity contribution in [3.63, 3.8) is 0 Å². The standard InChI is InChI=1S/C13H20BrNO/c1-3-6-15(7-8-16)10-12-5-4-11(2)9-13(12)14/h4-5,9,16H,3,6-8,10H2,1-2H3. The van der Waals surface area contributed by atoms with E-state index in [4.69, 9.17) is 5.11 Å². The van der Waals surface area contributed by atoms with Crippen molar-refractivity contribution in [1.82, 2.24) is 4.90 Å². The van der Waals surface area contributed by atoms with Gasteiger partial charge in [0.25, 0.3) is 0 Å². The molecule has 0 fully saturated rings. The Morgan fingerprint density at radius 3 is 2.62 bits per heavy atom. The summed E-state index contributed by atoms with van der Waals surface area (Å²) in [5.74, 6) is 0. The van der Waals surface area contributed by atoms with Gasteiger partial charge in [0.2, 0.25) is 0 Å². The van der Waals surface area contributed by atoms with Crippen LogP contribution in [0.5, 0.6) is 0 Å². The molecule has 0 amide bonds. The van der Waals surface area contributed by atoms with Gasteiger partial charge in [0.15, 0.2) is 0 Å². The highest BCUT2D eigenvalue weighted by Crippen LogP contribution is 2.20. The maximum atomic E-state index is 9.00. The summed E-state index contributed by atoms with van der Waals surface area (Å²) in [5, 5.41) is 9.00. The lowest BCUT2D eigenvalue weighted by Gasteiger charge is -2.21. The molecule has 0 aliphatic rings. The molecule has 1 aromatic rings. The van der Waals surface area contributed by atoms with E-state index >= 15 is 0 Å². The molecular weight excluding hydrogens is 266 g/mol. The molecule has 0 radical (unpaired) electrons. The van der Waals surface area contributed by atoms with E-state index < -0.39 is 0 Å². The Balaban J connectivity index is 2.68. The van der Waals surface area contributed by atoms with Gasteiger partial charge < -0.3 is 5.11 Å². The zero-order valence-corrected chi connectivity index (χ0v) is 11.6. The predicted octanol–water partition coefficient (Wildman–Crippen LogP) is 2.96. The average Bonchev–Trinajstić information content (AvgIpc) is 2.23. The van der Waals surface area contributed by atoms with Gasteiger partial charge in [-0.15, -0.1) is 0 Å².